The second-order valence-corrected chi connectivity index (χ2v) is 9.24. The van der Waals surface area contributed by atoms with E-state index in [1.54, 1.807) is 29.2 Å². The van der Waals surface area contributed by atoms with Crippen LogP contribution in [0.25, 0.3) is 5.76 Å². The fourth-order valence-corrected chi connectivity index (χ4v) is 6.00. The number of nitrogens with zero attached hydrogens (tertiary/aromatic N) is 1. The molecule has 0 aromatic heterocycles. The molecule has 10 nitrogen and oxygen atoms in total. The zero-order valence-electron chi connectivity index (χ0n) is 19.1. The van der Waals surface area contributed by atoms with Gasteiger partial charge in [0.15, 0.2) is 17.3 Å². The van der Waals surface area contributed by atoms with Gasteiger partial charge in [-0.25, -0.2) is 4.79 Å². The summed E-state index contributed by atoms with van der Waals surface area (Å²) in [6.07, 6.45) is -1.00. The van der Waals surface area contributed by atoms with Crippen LogP contribution in [0.2, 0.25) is 0 Å². The Balaban J connectivity index is 1.45. The molecule has 5 aliphatic rings. The van der Waals surface area contributed by atoms with Crippen molar-refractivity contribution in [1.82, 2.24) is 10.2 Å². The molecule has 2 fully saturated rings. The zero-order chi connectivity index (χ0) is 24.6. The number of methoxy groups -OCH3 is 1. The Labute approximate surface area is 200 Å². The quantitative estimate of drug-likeness (QED) is 0.464. The Kier molecular flexibility index (Phi) is 4.58. The number of carbonyl (C=O) groups excluding carboxylic acids is 4. The lowest BCUT2D eigenvalue weighted by Crippen LogP contribution is -2.55. The number of nitrogens with two attached hydrogens (primary N) is 1. The summed E-state index contributed by atoms with van der Waals surface area (Å²) in [6.45, 7) is 1.64. The van der Waals surface area contributed by atoms with Crippen LogP contribution in [-0.2, 0) is 28.6 Å². The molecule has 4 aliphatic heterocycles. The van der Waals surface area contributed by atoms with Gasteiger partial charge in [0.05, 0.1) is 23.2 Å². The lowest BCUT2D eigenvalue weighted by molar-refractivity contribution is -0.137. The molecule has 0 bridgehead atoms. The summed E-state index contributed by atoms with van der Waals surface area (Å²) in [5, 5.41) is 3.32. The first kappa shape index (κ1) is 21.8. The molecule has 4 heterocycles. The smallest absolute Gasteiger partial charge is 0.404 e. The summed E-state index contributed by atoms with van der Waals surface area (Å²) in [7, 11) is 1.51. The first-order chi connectivity index (χ1) is 16.8. The van der Waals surface area contributed by atoms with Crippen molar-refractivity contribution in [3.05, 3.63) is 64.1 Å². The summed E-state index contributed by atoms with van der Waals surface area (Å²) in [5.74, 6) is -1.71. The Morgan fingerprint density at radius 3 is 2.60 bits per heavy atom. The molecule has 10 heteroatoms. The first-order valence-electron chi connectivity index (χ1n) is 11.3. The average Bonchev–Trinajstić information content (AvgIpc) is 3.46. The van der Waals surface area contributed by atoms with Gasteiger partial charge in [0.2, 0.25) is 11.6 Å². The number of fused-ring (bicyclic) bond motifs is 4. The van der Waals surface area contributed by atoms with Crippen molar-refractivity contribution in [3.63, 3.8) is 0 Å². The number of allylic oxidation sites excluding steroid dienone is 3. The fraction of sp³-hybridized carbons (Fsp3) is 0.360. The Hall–Kier alpha value is -3.76. The molecule has 180 valence electrons. The third kappa shape index (κ3) is 2.83. The Morgan fingerprint density at radius 1 is 1.20 bits per heavy atom. The lowest BCUT2D eigenvalue weighted by atomic mass is 9.80. The SMILES string of the molecule is CO[C@@]12[C@H](COC(N)=O)C3=C(C(=O)C4=C(OC(c5ccccc5)=C(C(C)=O)C4)C3=O)N1C[C@@H]1N[C@@H]12. The number of ether oxygens (including phenoxy) is 3. The standard InChI is InChI=1S/C25H23N3O7/c1-11(29)13-8-14-19(30)18-17(20(31)22(14)35-21(13)12-6-4-3-5-7-12)15(10-34-24(26)32)25(33-2)23-16(27-23)9-28(18)25/h3-7,15-16,23,27H,8-10H2,1-2H3,(H2,26,32)/t15-,16+,23+,25-/m1/s1. The first-order valence-corrected chi connectivity index (χ1v) is 11.3. The van der Waals surface area contributed by atoms with Crippen LogP contribution in [-0.4, -0.2) is 66.4 Å². The van der Waals surface area contributed by atoms with E-state index in [0.717, 1.165) is 0 Å². The highest BCUT2D eigenvalue weighted by atomic mass is 16.6. The summed E-state index contributed by atoms with van der Waals surface area (Å²) in [4.78, 5) is 53.6. The van der Waals surface area contributed by atoms with Crippen molar-refractivity contribution in [2.24, 2.45) is 11.7 Å². The molecule has 1 aliphatic carbocycles. The second kappa shape index (κ2) is 7.37. The molecular weight excluding hydrogens is 454 g/mol. The molecule has 0 spiro atoms. The largest absolute Gasteiger partial charge is 0.452 e. The van der Waals surface area contributed by atoms with Gasteiger partial charge in [-0.2, -0.15) is 0 Å². The molecule has 6 rings (SSSR count). The van der Waals surface area contributed by atoms with Crippen molar-refractivity contribution >= 4 is 29.2 Å². The molecule has 35 heavy (non-hydrogen) atoms. The van der Waals surface area contributed by atoms with Crippen LogP contribution in [0.4, 0.5) is 4.79 Å². The number of Topliss-reactive ketones (excluding diaryl/α,β-unsaturated/α-hetero) is 3. The molecule has 0 unspecified atom stereocenters. The second-order valence-electron chi connectivity index (χ2n) is 9.24. The van der Waals surface area contributed by atoms with Crippen LogP contribution < -0.4 is 11.1 Å². The number of carbonyl (C=O) groups is 4. The highest BCUT2D eigenvalue weighted by Crippen LogP contribution is 2.57. The minimum atomic E-state index is -1.08. The lowest BCUT2D eigenvalue weighted by Gasteiger charge is -2.39. The molecular formula is C25H23N3O7. The molecule has 0 radical (unpaired) electrons. The number of hydrogen-bond donors (Lipinski definition) is 2. The van der Waals surface area contributed by atoms with Crippen molar-refractivity contribution < 1.29 is 33.4 Å². The van der Waals surface area contributed by atoms with E-state index in [-0.39, 0.29) is 65.0 Å². The monoisotopic (exact) mass is 477 g/mol. The summed E-state index contributed by atoms with van der Waals surface area (Å²) in [5.41, 5.74) is 5.66. The van der Waals surface area contributed by atoms with Gasteiger partial charge in [-0.05, 0) is 6.92 Å². The van der Waals surface area contributed by atoms with E-state index in [1.807, 2.05) is 6.07 Å². The molecule has 3 N–H and O–H groups in total. The number of amides is 1. The van der Waals surface area contributed by atoms with E-state index in [0.29, 0.717) is 17.7 Å². The van der Waals surface area contributed by atoms with Gasteiger partial charge in [0, 0.05) is 42.8 Å². The van der Waals surface area contributed by atoms with Crippen LogP contribution in [0, 0.1) is 5.92 Å². The van der Waals surface area contributed by atoms with Gasteiger partial charge in [-0.3, -0.25) is 14.4 Å². The van der Waals surface area contributed by atoms with Gasteiger partial charge >= 0.3 is 6.09 Å². The summed E-state index contributed by atoms with van der Waals surface area (Å²) >= 11 is 0. The predicted molar refractivity (Wildman–Crippen MR) is 120 cm³/mol. The normalized spacial score (nSPS) is 30.6. The van der Waals surface area contributed by atoms with Crippen LogP contribution in [0.5, 0.6) is 0 Å². The topological polar surface area (TPSA) is 147 Å². The number of piperazine rings is 1. The van der Waals surface area contributed by atoms with Gasteiger partial charge in [-0.1, -0.05) is 30.3 Å². The van der Waals surface area contributed by atoms with Gasteiger partial charge in [0.1, 0.15) is 12.4 Å². The molecule has 2 saturated heterocycles. The van der Waals surface area contributed by atoms with Gasteiger partial charge < -0.3 is 30.2 Å². The van der Waals surface area contributed by atoms with E-state index >= 15 is 0 Å². The highest BCUT2D eigenvalue weighted by Gasteiger charge is 2.73. The Bertz CT molecular complexity index is 1310. The number of hydrogen-bond acceptors (Lipinski definition) is 9. The minimum absolute atomic E-state index is 0.0162. The van der Waals surface area contributed by atoms with Crippen molar-refractivity contribution in [3.8, 4) is 0 Å². The molecule has 1 amide bonds. The molecule has 1 aromatic carbocycles. The zero-order valence-corrected chi connectivity index (χ0v) is 19.1. The molecule has 4 atom stereocenters. The number of primary amides is 1. The Morgan fingerprint density at radius 2 is 1.94 bits per heavy atom. The molecule has 1 aromatic rings. The predicted octanol–water partition coefficient (Wildman–Crippen LogP) is 0.791. The maximum atomic E-state index is 13.9. The van der Waals surface area contributed by atoms with Gasteiger partial charge in [-0.15, -0.1) is 0 Å². The highest BCUT2D eigenvalue weighted by molar-refractivity contribution is 6.26. The van der Waals surface area contributed by atoms with Crippen LogP contribution >= 0.6 is 0 Å². The molecule has 0 saturated carbocycles. The fourth-order valence-electron chi connectivity index (χ4n) is 6.00. The number of ketones is 3. The van der Waals surface area contributed by atoms with Crippen LogP contribution in [0.15, 0.2) is 58.5 Å². The minimum Gasteiger partial charge on any atom is -0.452 e. The maximum Gasteiger partial charge on any atom is 0.404 e. The van der Waals surface area contributed by atoms with E-state index in [9.17, 15) is 19.2 Å². The number of nitrogens with one attached hydrogen (secondary N) is 1. The van der Waals surface area contributed by atoms with E-state index in [4.69, 9.17) is 19.9 Å². The number of benzene rings is 1. The van der Waals surface area contributed by atoms with Crippen LogP contribution in [0.1, 0.15) is 18.9 Å². The number of rotatable bonds is 5. The van der Waals surface area contributed by atoms with E-state index in [2.05, 4.69) is 5.32 Å². The van der Waals surface area contributed by atoms with Crippen molar-refractivity contribution in [2.75, 3.05) is 20.3 Å². The van der Waals surface area contributed by atoms with Gasteiger partial charge in [0.25, 0.3) is 0 Å². The third-order valence-corrected chi connectivity index (χ3v) is 7.53. The van der Waals surface area contributed by atoms with Crippen molar-refractivity contribution in [2.45, 2.75) is 31.2 Å². The van der Waals surface area contributed by atoms with E-state index < -0.39 is 23.5 Å². The summed E-state index contributed by atoms with van der Waals surface area (Å²) in [6, 6.07) is 8.91. The summed E-state index contributed by atoms with van der Waals surface area (Å²) < 4.78 is 17.2. The van der Waals surface area contributed by atoms with E-state index in [1.165, 1.54) is 14.0 Å². The average molecular weight is 477 g/mol. The van der Waals surface area contributed by atoms with Crippen molar-refractivity contribution in [1.29, 1.82) is 0 Å². The third-order valence-electron chi connectivity index (χ3n) is 7.53. The maximum absolute atomic E-state index is 13.9. The van der Waals surface area contributed by atoms with Crippen LogP contribution in [0.3, 0.4) is 0 Å².